The third kappa shape index (κ3) is 51.4. The first-order valence-electron chi connectivity index (χ1n) is 48.0. The van der Waals surface area contributed by atoms with E-state index in [1.54, 1.807) is 4.90 Å². The van der Waals surface area contributed by atoms with Crippen LogP contribution in [0.5, 0.6) is 0 Å². The first-order chi connectivity index (χ1) is 53.1. The van der Waals surface area contributed by atoms with Crippen molar-refractivity contribution in [2.75, 3.05) is 41.1 Å². The van der Waals surface area contributed by atoms with E-state index in [0.717, 1.165) is 5.75 Å². The number of aliphatic hydroxyl groups is 1. The van der Waals surface area contributed by atoms with Crippen molar-refractivity contribution in [3.05, 3.63) is 36.4 Å². The molecule has 107 heavy (non-hydrogen) atoms. The van der Waals surface area contributed by atoms with Crippen LogP contribution in [0, 0.1) is 0 Å². The van der Waals surface area contributed by atoms with Gasteiger partial charge in [-0.1, -0.05) is 452 Å². The van der Waals surface area contributed by atoms with Crippen LogP contribution in [-0.2, 0) is 0 Å². The Bertz CT molecular complexity index is 2530. The highest BCUT2D eigenvalue weighted by Gasteiger charge is 2.20. The van der Waals surface area contributed by atoms with Gasteiger partial charge in [-0.05, 0) is 130 Å². The average Bonchev–Trinajstić information content (AvgIpc) is 0.727. The van der Waals surface area contributed by atoms with Crippen LogP contribution in [-0.4, -0.2) is 46.2 Å². The van der Waals surface area contributed by atoms with Gasteiger partial charge in [-0.3, -0.25) is 0 Å². The molecular weight excluding hydrogens is 1410 g/mol. The van der Waals surface area contributed by atoms with E-state index in [-0.39, 0.29) is 6.61 Å². The minimum atomic E-state index is 0.212. The zero-order chi connectivity index (χ0) is 75.9. The molecule has 0 amide bonds. The topological polar surface area (TPSA) is 20.2 Å². The van der Waals surface area contributed by atoms with Gasteiger partial charge in [0.15, 0.2) is 0 Å². The zero-order valence-corrected chi connectivity index (χ0v) is 76.7. The molecule has 1 N–H and O–H groups in total. The van der Waals surface area contributed by atoms with Crippen molar-refractivity contribution in [2.24, 2.45) is 0 Å². The molecule has 0 aliphatic rings. The molecule has 618 valence electrons. The SMILES string of the molecule is CCCCCCCCCCCCCCCCSc1cc2c(cc1SCCO)c1cc(SCCCCCCCCCCCCCCCC)c(SCCCCCCCCCCCCCCCC)cc1c1cc(SCCCCCCCCCCCCCCCC)c(SCCCCCCCCCCCCCCCC)cc21. The number of aliphatic hydroxyl groups excluding tert-OH is 1. The van der Waals surface area contributed by atoms with Crippen molar-refractivity contribution in [3.63, 3.8) is 0 Å². The monoisotopic (exact) mass is 1590 g/mol. The fourth-order valence-electron chi connectivity index (χ4n) is 16.2. The van der Waals surface area contributed by atoms with E-state index in [1.165, 1.54) is 535 Å². The van der Waals surface area contributed by atoms with Gasteiger partial charge < -0.3 is 5.11 Å². The Morgan fingerprint density at radius 3 is 0.364 bits per heavy atom. The van der Waals surface area contributed by atoms with Gasteiger partial charge in [0.25, 0.3) is 0 Å². The van der Waals surface area contributed by atoms with E-state index >= 15 is 0 Å². The summed E-state index contributed by atoms with van der Waals surface area (Å²) in [5, 5.41) is 19.2. The van der Waals surface area contributed by atoms with Crippen molar-refractivity contribution in [1.29, 1.82) is 0 Å². The Morgan fingerprint density at radius 1 is 0.150 bits per heavy atom. The molecule has 0 bridgehead atoms. The van der Waals surface area contributed by atoms with Gasteiger partial charge in [0, 0.05) is 35.1 Å². The zero-order valence-electron chi connectivity index (χ0n) is 71.8. The molecule has 0 saturated heterocycles. The summed E-state index contributed by atoms with van der Waals surface area (Å²) < 4.78 is 0. The van der Waals surface area contributed by atoms with Crippen LogP contribution >= 0.6 is 70.6 Å². The molecular formula is C100H176OS6. The highest BCUT2D eigenvalue weighted by atomic mass is 32.2. The molecule has 0 radical (unpaired) electrons. The van der Waals surface area contributed by atoms with Gasteiger partial charge in [-0.2, -0.15) is 0 Å². The number of unbranched alkanes of at least 4 members (excludes halogenated alkanes) is 65. The summed E-state index contributed by atoms with van der Waals surface area (Å²) in [5.41, 5.74) is 0. The normalized spacial score (nSPS) is 11.9. The van der Waals surface area contributed by atoms with E-state index < -0.39 is 0 Å². The summed E-state index contributed by atoms with van der Waals surface area (Å²) in [6, 6.07) is 16.2. The van der Waals surface area contributed by atoms with E-state index in [0.29, 0.717) is 0 Å². The Hall–Kier alpha value is -0.280. The third-order valence-electron chi connectivity index (χ3n) is 23.2. The van der Waals surface area contributed by atoms with Crippen LogP contribution in [0.4, 0.5) is 0 Å². The lowest BCUT2D eigenvalue weighted by Crippen LogP contribution is -1.94. The summed E-state index contributed by atoms with van der Waals surface area (Å²) in [6.45, 7) is 11.9. The smallest absolute Gasteiger partial charge is 0.0525 e. The van der Waals surface area contributed by atoms with Crippen molar-refractivity contribution >= 4 is 103 Å². The van der Waals surface area contributed by atoms with Crippen molar-refractivity contribution in [3.8, 4) is 0 Å². The Labute approximate surface area is 693 Å². The van der Waals surface area contributed by atoms with Crippen LogP contribution in [0.3, 0.4) is 0 Å². The fourth-order valence-corrected chi connectivity index (χ4v) is 22.9. The number of rotatable bonds is 83. The maximum absolute atomic E-state index is 10.5. The molecule has 0 heterocycles. The van der Waals surface area contributed by atoms with Gasteiger partial charge in [-0.25, -0.2) is 0 Å². The number of benzene rings is 4. The number of fused-ring (bicyclic) bond motifs is 6. The number of thioether (sulfide) groups is 6. The van der Waals surface area contributed by atoms with Crippen molar-refractivity contribution in [2.45, 2.75) is 513 Å². The maximum atomic E-state index is 10.5. The fraction of sp³-hybridized carbons (Fsp3) is 0.820. The maximum Gasteiger partial charge on any atom is 0.0525 e. The van der Waals surface area contributed by atoms with Gasteiger partial charge >= 0.3 is 0 Å². The van der Waals surface area contributed by atoms with E-state index in [2.05, 4.69) is 130 Å². The lowest BCUT2D eigenvalue weighted by molar-refractivity contribution is 0.322. The average molecular weight is 1590 g/mol. The van der Waals surface area contributed by atoms with E-state index in [9.17, 15) is 5.11 Å². The molecule has 0 atom stereocenters. The third-order valence-corrected chi connectivity index (χ3v) is 30.4. The summed E-state index contributed by atoms with van der Waals surface area (Å²) in [7, 11) is 0. The molecule has 0 spiro atoms. The molecule has 4 rings (SSSR count). The Kier molecular flexibility index (Phi) is 69.0. The molecule has 0 aliphatic carbocycles. The van der Waals surface area contributed by atoms with Gasteiger partial charge in [0.05, 0.1) is 6.61 Å². The predicted octanol–water partition coefficient (Wildman–Crippen LogP) is 38.1. The lowest BCUT2D eigenvalue weighted by atomic mass is 9.94. The van der Waals surface area contributed by atoms with Gasteiger partial charge in [-0.15, -0.1) is 70.6 Å². The van der Waals surface area contributed by atoms with Gasteiger partial charge in [0.1, 0.15) is 0 Å². The molecule has 0 fully saturated rings. The second-order valence-corrected chi connectivity index (χ2v) is 40.1. The first-order valence-corrected chi connectivity index (χ1v) is 53.9. The standard InChI is InChI=1S/C100H176OS6/c1-6-11-16-21-26-31-36-41-46-51-56-61-66-71-77-102-95-83-89-90-84-96(103-78-72-67-62-57-52-47-42-37-32-27-22-17-12-7-2)98(105-80-74-69-64-59-54-49-44-39-34-29-24-19-14-9-4)86-92(90)94-88-100(107-82-76-101)99(106-81-75-70-65-60-55-50-45-40-35-30-25-20-15-10-5)87-93(94)91(89)85-97(95)104-79-73-68-63-58-53-48-43-38-33-28-23-18-13-8-3/h83-88,101H,6-82H2,1-5H3. The predicted molar refractivity (Wildman–Crippen MR) is 502 cm³/mol. The summed E-state index contributed by atoms with van der Waals surface area (Å²) in [5.74, 6) is 6.76. The van der Waals surface area contributed by atoms with Crippen LogP contribution in [0.25, 0.3) is 32.3 Å². The number of hydrogen-bond acceptors (Lipinski definition) is 7. The molecule has 0 unspecified atom stereocenters. The number of hydrogen-bond donors (Lipinski definition) is 1. The summed E-state index contributed by atoms with van der Waals surface area (Å²) >= 11 is 12.8. The summed E-state index contributed by atoms with van der Waals surface area (Å²) in [4.78, 5) is 8.95. The van der Waals surface area contributed by atoms with E-state index in [4.69, 9.17) is 0 Å². The second kappa shape index (κ2) is 74.5. The first kappa shape index (κ1) is 99.1. The van der Waals surface area contributed by atoms with Crippen molar-refractivity contribution in [1.82, 2.24) is 0 Å². The molecule has 0 aromatic heterocycles. The van der Waals surface area contributed by atoms with Crippen LogP contribution in [0.2, 0.25) is 0 Å². The minimum absolute atomic E-state index is 0.212. The molecule has 0 saturated carbocycles. The van der Waals surface area contributed by atoms with E-state index in [1.807, 2.05) is 11.8 Å². The minimum Gasteiger partial charge on any atom is -0.396 e. The Morgan fingerprint density at radius 2 is 0.252 bits per heavy atom. The Balaban J connectivity index is 1.64. The summed E-state index contributed by atoms with van der Waals surface area (Å²) in [6.07, 6.45) is 98.7. The van der Waals surface area contributed by atoms with Gasteiger partial charge in [0.2, 0.25) is 0 Å². The highest BCUT2D eigenvalue weighted by Crippen LogP contribution is 2.48. The largest absolute Gasteiger partial charge is 0.396 e. The second-order valence-electron chi connectivity index (χ2n) is 33.3. The molecule has 0 aliphatic heterocycles. The van der Waals surface area contributed by atoms with Crippen LogP contribution in [0.1, 0.15) is 484 Å². The lowest BCUT2D eigenvalue weighted by Gasteiger charge is -2.20. The van der Waals surface area contributed by atoms with Crippen LogP contribution in [0.15, 0.2) is 65.8 Å². The van der Waals surface area contributed by atoms with Crippen molar-refractivity contribution < 1.29 is 5.11 Å². The highest BCUT2D eigenvalue weighted by molar-refractivity contribution is 8.03. The molecule has 4 aromatic carbocycles. The molecule has 4 aromatic rings. The quantitative estimate of drug-likeness (QED) is 0.0267. The van der Waals surface area contributed by atoms with Crippen LogP contribution < -0.4 is 0 Å². The molecule has 7 heteroatoms. The molecule has 1 nitrogen and oxygen atoms in total.